The molecule has 1 aromatic heterocycles. The maximum absolute atomic E-state index is 11.9. The third kappa shape index (κ3) is 3.45. The Kier molecular flexibility index (Phi) is 3.97. The predicted octanol–water partition coefficient (Wildman–Crippen LogP) is 2.81. The average molecular weight is 256 g/mol. The standard InChI is InChI=1S/C14H12N2O3/c17-14(6-1-11-7-9-15-10-8-11)12-2-4-13(5-3-12)16(18)19/h2-5,7-10H,1,6H2. The van der Waals surface area contributed by atoms with Gasteiger partial charge in [-0.2, -0.15) is 0 Å². The van der Waals surface area contributed by atoms with Crippen LogP contribution in [0.5, 0.6) is 0 Å². The van der Waals surface area contributed by atoms with Gasteiger partial charge in [-0.05, 0) is 36.2 Å². The molecule has 0 saturated carbocycles. The number of nitro groups is 1. The molecule has 19 heavy (non-hydrogen) atoms. The topological polar surface area (TPSA) is 73.1 Å². The van der Waals surface area contributed by atoms with Gasteiger partial charge in [-0.25, -0.2) is 0 Å². The molecule has 0 atom stereocenters. The Balaban J connectivity index is 1.98. The molecule has 2 rings (SSSR count). The first-order valence-electron chi connectivity index (χ1n) is 5.83. The van der Waals surface area contributed by atoms with Crippen LogP contribution in [0.2, 0.25) is 0 Å². The van der Waals surface area contributed by atoms with Crippen LogP contribution in [0.25, 0.3) is 0 Å². The van der Waals surface area contributed by atoms with E-state index in [0.29, 0.717) is 18.4 Å². The number of nitrogens with zero attached hydrogens (tertiary/aromatic N) is 2. The van der Waals surface area contributed by atoms with Crippen molar-refractivity contribution in [1.29, 1.82) is 0 Å². The molecule has 1 aromatic carbocycles. The normalized spacial score (nSPS) is 10.1. The summed E-state index contributed by atoms with van der Waals surface area (Å²) < 4.78 is 0. The number of non-ortho nitro benzene ring substituents is 1. The number of rotatable bonds is 5. The van der Waals surface area contributed by atoms with Crippen LogP contribution in [-0.2, 0) is 6.42 Å². The van der Waals surface area contributed by atoms with Gasteiger partial charge in [0, 0.05) is 36.5 Å². The highest BCUT2D eigenvalue weighted by atomic mass is 16.6. The summed E-state index contributed by atoms with van der Waals surface area (Å²) in [4.78, 5) is 25.8. The van der Waals surface area contributed by atoms with Crippen LogP contribution in [0.1, 0.15) is 22.3 Å². The van der Waals surface area contributed by atoms with Gasteiger partial charge < -0.3 is 0 Å². The van der Waals surface area contributed by atoms with Gasteiger partial charge in [0.15, 0.2) is 5.78 Å². The summed E-state index contributed by atoms with van der Waals surface area (Å²) in [7, 11) is 0. The van der Waals surface area contributed by atoms with Crippen molar-refractivity contribution in [3.8, 4) is 0 Å². The Bertz CT molecular complexity index is 579. The summed E-state index contributed by atoms with van der Waals surface area (Å²) in [5.41, 5.74) is 1.54. The maximum atomic E-state index is 11.9. The summed E-state index contributed by atoms with van der Waals surface area (Å²) in [6.07, 6.45) is 4.39. The molecule has 0 aliphatic rings. The second-order valence-corrected chi connectivity index (χ2v) is 4.08. The molecule has 0 bridgehead atoms. The van der Waals surface area contributed by atoms with Crippen molar-refractivity contribution < 1.29 is 9.72 Å². The van der Waals surface area contributed by atoms with Gasteiger partial charge in [0.2, 0.25) is 0 Å². The minimum atomic E-state index is -0.481. The highest BCUT2D eigenvalue weighted by Gasteiger charge is 2.09. The van der Waals surface area contributed by atoms with E-state index in [1.807, 2.05) is 12.1 Å². The van der Waals surface area contributed by atoms with Crippen molar-refractivity contribution in [2.24, 2.45) is 0 Å². The van der Waals surface area contributed by atoms with E-state index in [9.17, 15) is 14.9 Å². The van der Waals surface area contributed by atoms with Gasteiger partial charge in [0.25, 0.3) is 5.69 Å². The zero-order chi connectivity index (χ0) is 13.7. The number of aryl methyl sites for hydroxylation is 1. The van der Waals surface area contributed by atoms with Crippen molar-refractivity contribution in [2.45, 2.75) is 12.8 Å². The fourth-order valence-electron chi connectivity index (χ4n) is 1.72. The Morgan fingerprint density at radius 1 is 1.11 bits per heavy atom. The number of hydrogen-bond acceptors (Lipinski definition) is 4. The molecule has 0 unspecified atom stereocenters. The van der Waals surface area contributed by atoms with Crippen LogP contribution in [-0.4, -0.2) is 15.7 Å². The van der Waals surface area contributed by atoms with Crippen molar-refractivity contribution in [1.82, 2.24) is 4.98 Å². The van der Waals surface area contributed by atoms with Gasteiger partial charge >= 0.3 is 0 Å². The fourth-order valence-corrected chi connectivity index (χ4v) is 1.72. The number of carbonyl (C=O) groups excluding carboxylic acids is 1. The second kappa shape index (κ2) is 5.86. The Hall–Kier alpha value is -2.56. The highest BCUT2D eigenvalue weighted by molar-refractivity contribution is 5.96. The molecule has 0 fully saturated rings. The molecule has 1 heterocycles. The number of hydrogen-bond donors (Lipinski definition) is 0. The first kappa shape index (κ1) is 12.9. The molecule has 0 spiro atoms. The lowest BCUT2D eigenvalue weighted by Gasteiger charge is -2.01. The van der Waals surface area contributed by atoms with Gasteiger partial charge in [-0.3, -0.25) is 19.9 Å². The monoisotopic (exact) mass is 256 g/mol. The Morgan fingerprint density at radius 2 is 1.74 bits per heavy atom. The third-order valence-electron chi connectivity index (χ3n) is 2.79. The number of nitro benzene ring substituents is 1. The van der Waals surface area contributed by atoms with Crippen LogP contribution in [0.4, 0.5) is 5.69 Å². The highest BCUT2D eigenvalue weighted by Crippen LogP contribution is 2.14. The van der Waals surface area contributed by atoms with Gasteiger partial charge in [0.05, 0.1) is 4.92 Å². The molecule has 5 nitrogen and oxygen atoms in total. The largest absolute Gasteiger partial charge is 0.294 e. The number of Topliss-reactive ketones (excluding diaryl/α,β-unsaturated/α-hetero) is 1. The summed E-state index contributed by atoms with van der Waals surface area (Å²) in [6.45, 7) is 0. The summed E-state index contributed by atoms with van der Waals surface area (Å²) >= 11 is 0. The average Bonchev–Trinajstić information content (AvgIpc) is 2.46. The molecule has 0 N–H and O–H groups in total. The van der Waals surface area contributed by atoms with E-state index in [-0.39, 0.29) is 11.5 Å². The lowest BCUT2D eigenvalue weighted by molar-refractivity contribution is -0.384. The number of benzene rings is 1. The zero-order valence-electron chi connectivity index (χ0n) is 10.2. The number of aromatic nitrogens is 1. The van der Waals surface area contributed by atoms with E-state index in [1.165, 1.54) is 24.3 Å². The summed E-state index contributed by atoms with van der Waals surface area (Å²) in [5.74, 6) is -0.0216. The second-order valence-electron chi connectivity index (χ2n) is 4.08. The van der Waals surface area contributed by atoms with Crippen LogP contribution in [0.15, 0.2) is 48.8 Å². The van der Waals surface area contributed by atoms with E-state index in [0.717, 1.165) is 5.56 Å². The first-order chi connectivity index (χ1) is 9.16. The van der Waals surface area contributed by atoms with E-state index in [2.05, 4.69) is 4.98 Å². The Labute approximate surface area is 110 Å². The molecule has 0 aliphatic heterocycles. The van der Waals surface area contributed by atoms with Crippen LogP contribution >= 0.6 is 0 Å². The summed E-state index contributed by atoms with van der Waals surface area (Å²) in [6, 6.07) is 9.41. The molecule has 5 heteroatoms. The number of pyridine rings is 1. The molecule has 0 amide bonds. The molecule has 0 saturated heterocycles. The molecular formula is C14H12N2O3. The SMILES string of the molecule is O=C(CCc1ccncc1)c1ccc([N+](=O)[O-])cc1. The van der Waals surface area contributed by atoms with Crippen molar-refractivity contribution in [2.75, 3.05) is 0 Å². The van der Waals surface area contributed by atoms with Crippen LogP contribution in [0, 0.1) is 10.1 Å². The van der Waals surface area contributed by atoms with Gasteiger partial charge in [0.1, 0.15) is 0 Å². The van der Waals surface area contributed by atoms with E-state index >= 15 is 0 Å². The molecule has 96 valence electrons. The number of ketones is 1. The first-order valence-corrected chi connectivity index (χ1v) is 5.83. The van der Waals surface area contributed by atoms with Crippen LogP contribution < -0.4 is 0 Å². The Morgan fingerprint density at radius 3 is 2.32 bits per heavy atom. The van der Waals surface area contributed by atoms with Crippen LogP contribution in [0.3, 0.4) is 0 Å². The zero-order valence-corrected chi connectivity index (χ0v) is 10.2. The van der Waals surface area contributed by atoms with Gasteiger partial charge in [-0.1, -0.05) is 0 Å². The molecular weight excluding hydrogens is 244 g/mol. The van der Waals surface area contributed by atoms with E-state index < -0.39 is 4.92 Å². The van der Waals surface area contributed by atoms with Crippen molar-refractivity contribution in [3.05, 3.63) is 70.0 Å². The molecule has 0 radical (unpaired) electrons. The fraction of sp³-hybridized carbons (Fsp3) is 0.143. The quantitative estimate of drug-likeness (QED) is 0.468. The minimum Gasteiger partial charge on any atom is -0.294 e. The summed E-state index contributed by atoms with van der Waals surface area (Å²) in [5, 5.41) is 10.5. The smallest absolute Gasteiger partial charge is 0.269 e. The lowest BCUT2D eigenvalue weighted by atomic mass is 10.0. The predicted molar refractivity (Wildman–Crippen MR) is 70.0 cm³/mol. The number of carbonyl (C=O) groups is 1. The minimum absolute atomic E-state index is 0.00863. The van der Waals surface area contributed by atoms with Crippen molar-refractivity contribution in [3.63, 3.8) is 0 Å². The van der Waals surface area contributed by atoms with E-state index in [1.54, 1.807) is 12.4 Å². The molecule has 0 aliphatic carbocycles. The van der Waals surface area contributed by atoms with Gasteiger partial charge in [-0.15, -0.1) is 0 Å². The lowest BCUT2D eigenvalue weighted by Crippen LogP contribution is -2.01. The molecule has 2 aromatic rings. The van der Waals surface area contributed by atoms with E-state index in [4.69, 9.17) is 0 Å². The maximum Gasteiger partial charge on any atom is 0.269 e. The van der Waals surface area contributed by atoms with Crippen molar-refractivity contribution >= 4 is 11.5 Å². The third-order valence-corrected chi connectivity index (χ3v) is 2.79.